The number of benzene rings is 3. The van der Waals surface area contributed by atoms with Crippen LogP contribution in [-0.4, -0.2) is 22.4 Å². The van der Waals surface area contributed by atoms with E-state index in [0.29, 0.717) is 22.0 Å². The van der Waals surface area contributed by atoms with E-state index in [1.807, 2.05) is 36.1 Å². The Morgan fingerprint density at radius 2 is 1.74 bits per heavy atom. The topological polar surface area (TPSA) is 63.4 Å². The molecule has 1 atom stereocenters. The van der Waals surface area contributed by atoms with Gasteiger partial charge in [-0.15, -0.1) is 0 Å². The highest BCUT2D eigenvalue weighted by atomic mass is 32.1. The smallest absolute Gasteiger partial charge is 0.258 e. The first-order chi connectivity index (χ1) is 16.9. The molecule has 176 valence electrons. The Morgan fingerprint density at radius 3 is 2.43 bits per heavy atom. The molecule has 6 nitrogen and oxygen atoms in total. The van der Waals surface area contributed by atoms with Crippen molar-refractivity contribution < 1.29 is 18.0 Å². The molecule has 1 aliphatic rings. The zero-order chi connectivity index (χ0) is 24.5. The molecule has 5 rings (SSSR count). The second kappa shape index (κ2) is 9.27. The Kier molecular flexibility index (Phi) is 6.00. The van der Waals surface area contributed by atoms with Crippen LogP contribution in [-0.2, 0) is 0 Å². The van der Waals surface area contributed by atoms with Crippen LogP contribution in [0.4, 0.5) is 14.5 Å². The van der Waals surface area contributed by atoms with Crippen molar-refractivity contribution in [2.75, 3.05) is 12.0 Å². The number of rotatable bonds is 5. The molecule has 3 aromatic carbocycles. The van der Waals surface area contributed by atoms with Crippen molar-refractivity contribution >= 4 is 28.6 Å². The van der Waals surface area contributed by atoms with Crippen LogP contribution in [0.1, 0.15) is 24.4 Å². The lowest BCUT2D eigenvalue weighted by Gasteiger charge is -2.37. The van der Waals surface area contributed by atoms with Crippen LogP contribution in [0.2, 0.25) is 0 Å². The molecular formula is C26H20F2N4O2S. The lowest BCUT2D eigenvalue weighted by molar-refractivity contribution is 0.404. The SMILES string of the molecule is COc1ccc(N2C(=S)NC(c3ccc(F)cc3)C(c3nc(-c4cccc(F)c4)no3)=C2C)cc1. The summed E-state index contributed by atoms with van der Waals surface area (Å²) in [5.74, 6) is 0.461. The van der Waals surface area contributed by atoms with Gasteiger partial charge in [-0.25, -0.2) is 8.78 Å². The van der Waals surface area contributed by atoms with Crippen LogP contribution in [0.25, 0.3) is 17.0 Å². The van der Waals surface area contributed by atoms with Gasteiger partial charge in [0.05, 0.1) is 18.7 Å². The number of nitrogens with one attached hydrogen (secondary N) is 1. The summed E-state index contributed by atoms with van der Waals surface area (Å²) in [6.07, 6.45) is 0. The normalized spacial score (nSPS) is 15.8. The summed E-state index contributed by atoms with van der Waals surface area (Å²) in [4.78, 5) is 6.42. The highest BCUT2D eigenvalue weighted by Crippen LogP contribution is 2.39. The van der Waals surface area contributed by atoms with E-state index in [4.69, 9.17) is 21.5 Å². The molecule has 1 unspecified atom stereocenters. The minimum Gasteiger partial charge on any atom is -0.497 e. The maximum absolute atomic E-state index is 13.8. The van der Waals surface area contributed by atoms with Gasteiger partial charge in [0.1, 0.15) is 17.4 Å². The molecule has 0 radical (unpaired) electrons. The molecule has 4 aromatic rings. The number of anilines is 1. The Labute approximate surface area is 205 Å². The van der Waals surface area contributed by atoms with Crippen LogP contribution in [0.3, 0.4) is 0 Å². The quantitative estimate of drug-likeness (QED) is 0.350. The maximum Gasteiger partial charge on any atom is 0.258 e. The van der Waals surface area contributed by atoms with Crippen LogP contribution in [0, 0.1) is 11.6 Å². The number of hydrogen-bond donors (Lipinski definition) is 1. The minimum absolute atomic E-state index is 0.240. The predicted molar refractivity (Wildman–Crippen MR) is 133 cm³/mol. The summed E-state index contributed by atoms with van der Waals surface area (Å²) >= 11 is 5.72. The third kappa shape index (κ3) is 4.38. The third-order valence-corrected chi connectivity index (χ3v) is 6.06. The van der Waals surface area contributed by atoms with Crippen molar-refractivity contribution in [2.24, 2.45) is 0 Å². The lowest BCUT2D eigenvalue weighted by Crippen LogP contribution is -2.46. The van der Waals surface area contributed by atoms with Gasteiger partial charge in [-0.3, -0.25) is 4.90 Å². The number of hydrogen-bond acceptors (Lipinski definition) is 5. The van der Waals surface area contributed by atoms with E-state index in [1.165, 1.54) is 24.3 Å². The summed E-state index contributed by atoms with van der Waals surface area (Å²) in [7, 11) is 1.60. The Balaban J connectivity index is 1.64. The number of halogens is 2. The first kappa shape index (κ1) is 22.7. The van der Waals surface area contributed by atoms with Crippen molar-refractivity contribution in [1.82, 2.24) is 15.5 Å². The number of nitrogens with zero attached hydrogens (tertiary/aromatic N) is 3. The fourth-order valence-electron chi connectivity index (χ4n) is 4.05. The van der Waals surface area contributed by atoms with Crippen molar-refractivity contribution in [3.63, 3.8) is 0 Å². The van der Waals surface area contributed by atoms with Gasteiger partial charge in [0, 0.05) is 16.9 Å². The molecular weight excluding hydrogens is 470 g/mol. The molecule has 1 N–H and O–H groups in total. The molecule has 0 amide bonds. The van der Waals surface area contributed by atoms with E-state index < -0.39 is 11.9 Å². The summed E-state index contributed by atoms with van der Waals surface area (Å²) in [6.45, 7) is 1.90. The summed E-state index contributed by atoms with van der Waals surface area (Å²) in [5.41, 5.74) is 3.48. The molecule has 2 heterocycles. The molecule has 0 spiro atoms. The van der Waals surface area contributed by atoms with E-state index >= 15 is 0 Å². The summed E-state index contributed by atoms with van der Waals surface area (Å²) in [5, 5.41) is 7.86. The first-order valence-electron chi connectivity index (χ1n) is 10.8. The van der Waals surface area contributed by atoms with E-state index in [0.717, 1.165) is 16.9 Å². The minimum atomic E-state index is -0.474. The van der Waals surface area contributed by atoms with E-state index in [9.17, 15) is 8.78 Å². The molecule has 0 bridgehead atoms. The molecule has 9 heteroatoms. The fourth-order valence-corrected chi connectivity index (χ4v) is 4.41. The number of aromatic nitrogens is 2. The van der Waals surface area contributed by atoms with Crippen LogP contribution < -0.4 is 15.0 Å². The van der Waals surface area contributed by atoms with Crippen LogP contribution >= 0.6 is 12.2 Å². The average molecular weight is 491 g/mol. The number of ether oxygens (including phenoxy) is 1. The van der Waals surface area contributed by atoms with Gasteiger partial charge < -0.3 is 14.6 Å². The molecule has 0 saturated heterocycles. The Morgan fingerprint density at radius 1 is 1.00 bits per heavy atom. The van der Waals surface area contributed by atoms with Crippen LogP contribution in [0.15, 0.2) is 83.0 Å². The molecule has 1 aliphatic heterocycles. The first-order valence-corrected chi connectivity index (χ1v) is 11.2. The van der Waals surface area contributed by atoms with E-state index in [1.54, 1.807) is 31.4 Å². The fraction of sp³-hybridized carbons (Fsp3) is 0.115. The number of methoxy groups -OCH3 is 1. The van der Waals surface area contributed by atoms with Crippen molar-refractivity contribution in [1.29, 1.82) is 0 Å². The zero-order valence-electron chi connectivity index (χ0n) is 18.8. The zero-order valence-corrected chi connectivity index (χ0v) is 19.6. The van der Waals surface area contributed by atoms with Crippen molar-refractivity contribution in [3.05, 3.63) is 102 Å². The monoisotopic (exact) mass is 490 g/mol. The van der Waals surface area contributed by atoms with Gasteiger partial charge >= 0.3 is 0 Å². The number of thiocarbonyl (C=S) groups is 1. The van der Waals surface area contributed by atoms with Gasteiger partial charge in [0.25, 0.3) is 5.89 Å². The highest BCUT2D eigenvalue weighted by molar-refractivity contribution is 7.80. The van der Waals surface area contributed by atoms with Crippen molar-refractivity contribution in [3.8, 4) is 17.1 Å². The lowest BCUT2D eigenvalue weighted by atomic mass is 9.94. The predicted octanol–water partition coefficient (Wildman–Crippen LogP) is 5.89. The van der Waals surface area contributed by atoms with Crippen LogP contribution in [0.5, 0.6) is 5.75 Å². The molecule has 0 fully saturated rings. The summed E-state index contributed by atoms with van der Waals surface area (Å²) in [6, 6.07) is 19.1. The molecule has 0 aliphatic carbocycles. The van der Waals surface area contributed by atoms with Gasteiger partial charge in [-0.05, 0) is 73.2 Å². The second-order valence-electron chi connectivity index (χ2n) is 7.90. The molecule has 35 heavy (non-hydrogen) atoms. The van der Waals surface area contributed by atoms with Gasteiger partial charge in [0.2, 0.25) is 5.82 Å². The molecule has 1 aromatic heterocycles. The van der Waals surface area contributed by atoms with E-state index in [2.05, 4.69) is 15.5 Å². The Bertz CT molecular complexity index is 1420. The molecule has 0 saturated carbocycles. The van der Waals surface area contributed by atoms with Gasteiger partial charge in [-0.1, -0.05) is 29.4 Å². The number of allylic oxidation sites excluding steroid dienone is 1. The van der Waals surface area contributed by atoms with Gasteiger partial charge in [-0.2, -0.15) is 4.98 Å². The second-order valence-corrected chi connectivity index (χ2v) is 8.29. The summed E-state index contributed by atoms with van der Waals surface area (Å²) < 4.78 is 38.3. The van der Waals surface area contributed by atoms with Crippen molar-refractivity contribution in [2.45, 2.75) is 13.0 Å². The van der Waals surface area contributed by atoms with Gasteiger partial charge in [0.15, 0.2) is 5.11 Å². The Hall–Kier alpha value is -4.11. The maximum atomic E-state index is 13.8. The standard InChI is InChI=1S/C26H20F2N4O2S/c1-15-22(25-30-24(31-34-25)17-4-3-5-19(28)14-17)23(16-6-8-18(27)9-7-16)29-26(35)32(15)20-10-12-21(33-2)13-11-20/h3-14,23H,1-2H3,(H,29,35). The average Bonchev–Trinajstić information content (AvgIpc) is 3.34. The largest absolute Gasteiger partial charge is 0.497 e. The highest BCUT2D eigenvalue weighted by Gasteiger charge is 2.34. The van der Waals surface area contributed by atoms with E-state index in [-0.39, 0.29) is 17.5 Å². The third-order valence-electron chi connectivity index (χ3n) is 5.76.